The number of fused-ring (bicyclic) bond motifs is 1. The second-order valence-electron chi connectivity index (χ2n) is 4.18. The average Bonchev–Trinajstić information content (AvgIpc) is 2.06. The minimum absolute atomic E-state index is 0.402. The van der Waals surface area contributed by atoms with Crippen LogP contribution in [0.2, 0.25) is 0 Å². The van der Waals surface area contributed by atoms with E-state index in [1.807, 2.05) is 0 Å². The molecule has 0 bridgehead atoms. The maximum atomic E-state index is 9.16. The lowest BCUT2D eigenvalue weighted by atomic mass is 9.61. The first-order valence-corrected chi connectivity index (χ1v) is 4.39. The van der Waals surface area contributed by atoms with E-state index >= 15 is 0 Å². The summed E-state index contributed by atoms with van der Waals surface area (Å²) >= 11 is 0. The zero-order valence-corrected chi connectivity index (χ0v) is 6.64. The molecule has 2 aliphatic rings. The number of hydrogen-bond donors (Lipinski definition) is 1. The predicted octanol–water partition coefficient (Wildman–Crippen LogP) is 1.80. The van der Waals surface area contributed by atoms with Crippen molar-refractivity contribution in [3.8, 4) is 0 Å². The Bertz CT molecular complexity index is 140. The molecular weight excluding hydrogens is 124 g/mol. The second-order valence-corrected chi connectivity index (χ2v) is 4.18. The van der Waals surface area contributed by atoms with Crippen LogP contribution in [0.15, 0.2) is 0 Å². The fourth-order valence-corrected chi connectivity index (χ4v) is 2.91. The molecule has 0 aromatic rings. The van der Waals surface area contributed by atoms with Gasteiger partial charge in [0.2, 0.25) is 0 Å². The minimum atomic E-state index is 0.402. The van der Waals surface area contributed by atoms with Gasteiger partial charge in [-0.1, -0.05) is 6.92 Å². The molecule has 1 heteroatoms. The van der Waals surface area contributed by atoms with Gasteiger partial charge in [-0.25, -0.2) is 0 Å². The van der Waals surface area contributed by atoms with Crippen LogP contribution in [-0.4, -0.2) is 11.7 Å². The van der Waals surface area contributed by atoms with Crippen LogP contribution < -0.4 is 0 Å². The Morgan fingerprint density at radius 1 is 1.40 bits per heavy atom. The van der Waals surface area contributed by atoms with Crippen molar-refractivity contribution >= 4 is 0 Å². The first kappa shape index (κ1) is 6.66. The summed E-state index contributed by atoms with van der Waals surface area (Å²) in [6.45, 7) is 2.78. The zero-order chi connectivity index (χ0) is 7.19. The Morgan fingerprint density at radius 3 is 2.40 bits per heavy atom. The summed E-state index contributed by atoms with van der Waals surface area (Å²) in [4.78, 5) is 0. The molecule has 0 spiro atoms. The lowest BCUT2D eigenvalue weighted by Crippen LogP contribution is -2.40. The Kier molecular flexibility index (Phi) is 1.31. The third kappa shape index (κ3) is 0.619. The molecule has 2 aliphatic carbocycles. The highest BCUT2D eigenvalue weighted by atomic mass is 16.3. The van der Waals surface area contributed by atoms with Crippen molar-refractivity contribution in [3.05, 3.63) is 0 Å². The zero-order valence-electron chi connectivity index (χ0n) is 6.64. The standard InChI is InChI=1S/C9H16O/c1-7-2-4-9(6-10)5-3-8(7)9/h7-8,10H,2-6H2,1H3/t7-,8-,9-/m1/s1. The monoisotopic (exact) mass is 140 g/mol. The fraction of sp³-hybridized carbons (Fsp3) is 1.00. The summed E-state index contributed by atoms with van der Waals surface area (Å²) in [5.74, 6) is 1.76. The molecule has 0 amide bonds. The summed E-state index contributed by atoms with van der Waals surface area (Å²) in [7, 11) is 0. The normalized spacial score (nSPS) is 52.2. The topological polar surface area (TPSA) is 20.2 Å². The van der Waals surface area contributed by atoms with E-state index in [-0.39, 0.29) is 0 Å². The highest BCUT2D eigenvalue weighted by Crippen LogP contribution is 2.59. The van der Waals surface area contributed by atoms with E-state index < -0.39 is 0 Å². The Morgan fingerprint density at radius 2 is 2.10 bits per heavy atom. The Balaban J connectivity index is 2.12. The molecule has 2 fully saturated rings. The number of rotatable bonds is 1. The quantitative estimate of drug-likeness (QED) is 0.589. The van der Waals surface area contributed by atoms with E-state index in [9.17, 15) is 0 Å². The first-order chi connectivity index (χ1) is 4.78. The summed E-state index contributed by atoms with van der Waals surface area (Å²) in [5.41, 5.74) is 0.402. The molecule has 1 nitrogen and oxygen atoms in total. The van der Waals surface area contributed by atoms with E-state index in [0.29, 0.717) is 12.0 Å². The molecule has 58 valence electrons. The summed E-state index contributed by atoms with van der Waals surface area (Å²) in [6.07, 6.45) is 5.31. The van der Waals surface area contributed by atoms with Crippen molar-refractivity contribution in [1.29, 1.82) is 0 Å². The first-order valence-electron chi connectivity index (χ1n) is 4.39. The third-order valence-electron chi connectivity index (χ3n) is 3.84. The molecule has 0 aliphatic heterocycles. The van der Waals surface area contributed by atoms with Gasteiger partial charge in [0.1, 0.15) is 0 Å². The fourth-order valence-electron chi connectivity index (χ4n) is 2.91. The lowest BCUT2D eigenvalue weighted by Gasteiger charge is -2.45. The number of hydrogen-bond acceptors (Lipinski definition) is 1. The van der Waals surface area contributed by atoms with Crippen LogP contribution in [0.25, 0.3) is 0 Å². The smallest absolute Gasteiger partial charge is 0.0490 e. The van der Waals surface area contributed by atoms with E-state index in [0.717, 1.165) is 11.8 Å². The van der Waals surface area contributed by atoms with Gasteiger partial charge in [-0.3, -0.25) is 0 Å². The molecule has 0 aromatic heterocycles. The molecule has 0 radical (unpaired) electrons. The average molecular weight is 140 g/mol. The largest absolute Gasteiger partial charge is 0.396 e. The van der Waals surface area contributed by atoms with Crippen LogP contribution in [0, 0.1) is 17.3 Å². The molecular formula is C9H16O. The maximum absolute atomic E-state index is 9.16. The predicted molar refractivity (Wildman–Crippen MR) is 40.6 cm³/mol. The Hall–Kier alpha value is -0.0400. The van der Waals surface area contributed by atoms with Gasteiger partial charge in [0.25, 0.3) is 0 Å². The highest BCUT2D eigenvalue weighted by Gasteiger charge is 2.52. The van der Waals surface area contributed by atoms with Crippen LogP contribution in [0.5, 0.6) is 0 Å². The van der Waals surface area contributed by atoms with Gasteiger partial charge in [0.15, 0.2) is 0 Å². The summed E-state index contributed by atoms with van der Waals surface area (Å²) < 4.78 is 0. The molecule has 2 saturated carbocycles. The minimum Gasteiger partial charge on any atom is -0.396 e. The molecule has 1 N–H and O–H groups in total. The second kappa shape index (κ2) is 1.97. The number of aliphatic hydroxyl groups excluding tert-OH is 1. The van der Waals surface area contributed by atoms with E-state index in [1.54, 1.807) is 0 Å². The van der Waals surface area contributed by atoms with Crippen molar-refractivity contribution < 1.29 is 5.11 Å². The van der Waals surface area contributed by atoms with Gasteiger partial charge in [-0.2, -0.15) is 0 Å². The van der Waals surface area contributed by atoms with Crippen molar-refractivity contribution in [3.63, 3.8) is 0 Å². The summed E-state index contributed by atoms with van der Waals surface area (Å²) in [5, 5.41) is 9.16. The van der Waals surface area contributed by atoms with Crippen LogP contribution in [0.1, 0.15) is 32.6 Å². The van der Waals surface area contributed by atoms with Crippen LogP contribution >= 0.6 is 0 Å². The van der Waals surface area contributed by atoms with Crippen molar-refractivity contribution in [1.82, 2.24) is 0 Å². The third-order valence-corrected chi connectivity index (χ3v) is 3.84. The summed E-state index contributed by atoms with van der Waals surface area (Å²) in [6, 6.07) is 0. The van der Waals surface area contributed by atoms with Crippen molar-refractivity contribution in [2.75, 3.05) is 6.61 Å². The van der Waals surface area contributed by atoms with Crippen LogP contribution in [-0.2, 0) is 0 Å². The molecule has 3 atom stereocenters. The van der Waals surface area contributed by atoms with E-state index in [2.05, 4.69) is 6.92 Å². The maximum Gasteiger partial charge on any atom is 0.0490 e. The molecule has 0 unspecified atom stereocenters. The van der Waals surface area contributed by atoms with Crippen molar-refractivity contribution in [2.45, 2.75) is 32.6 Å². The van der Waals surface area contributed by atoms with Crippen LogP contribution in [0.4, 0.5) is 0 Å². The highest BCUT2D eigenvalue weighted by molar-refractivity contribution is 5.02. The molecule has 0 heterocycles. The van der Waals surface area contributed by atoms with Gasteiger partial charge < -0.3 is 5.11 Å². The molecule has 2 rings (SSSR count). The SMILES string of the molecule is C[C@@H]1CC[C@]2(CO)CC[C@H]12. The van der Waals surface area contributed by atoms with E-state index in [4.69, 9.17) is 5.11 Å². The number of aliphatic hydroxyl groups is 1. The van der Waals surface area contributed by atoms with Crippen molar-refractivity contribution in [2.24, 2.45) is 17.3 Å². The van der Waals surface area contributed by atoms with Crippen LogP contribution in [0.3, 0.4) is 0 Å². The van der Waals surface area contributed by atoms with E-state index in [1.165, 1.54) is 25.7 Å². The lowest BCUT2D eigenvalue weighted by molar-refractivity contribution is -0.0143. The van der Waals surface area contributed by atoms with Gasteiger partial charge in [0.05, 0.1) is 0 Å². The molecule has 0 aromatic carbocycles. The van der Waals surface area contributed by atoms with Gasteiger partial charge in [-0.15, -0.1) is 0 Å². The molecule has 0 saturated heterocycles. The molecule has 10 heavy (non-hydrogen) atoms. The van der Waals surface area contributed by atoms with Gasteiger partial charge in [-0.05, 0) is 42.9 Å². The van der Waals surface area contributed by atoms with Gasteiger partial charge in [0, 0.05) is 6.61 Å². The Labute approximate surface area is 62.4 Å². The van der Waals surface area contributed by atoms with Gasteiger partial charge >= 0.3 is 0 Å².